The maximum absolute atomic E-state index is 5.77. The van der Waals surface area contributed by atoms with Crippen LogP contribution in [0.25, 0.3) is 0 Å². The van der Waals surface area contributed by atoms with Gasteiger partial charge in [0.05, 0.1) is 4.47 Å². The zero-order valence-electron chi connectivity index (χ0n) is 10.8. The van der Waals surface area contributed by atoms with Gasteiger partial charge in [-0.1, -0.05) is 26.0 Å². The van der Waals surface area contributed by atoms with Gasteiger partial charge in [-0.25, -0.2) is 4.98 Å². The molecular weight excluding hydrogens is 290 g/mol. The lowest BCUT2D eigenvalue weighted by Crippen LogP contribution is -1.92. The van der Waals surface area contributed by atoms with Crippen LogP contribution in [0.1, 0.15) is 30.9 Å². The first-order valence-corrected chi connectivity index (χ1v) is 6.76. The Labute approximate surface area is 116 Å². The molecule has 0 saturated carbocycles. The average molecular weight is 306 g/mol. The minimum absolute atomic E-state index is 0.530. The maximum Gasteiger partial charge on any atom is 0.233 e. The lowest BCUT2D eigenvalue weighted by Gasteiger charge is -2.09. The Morgan fingerprint density at radius 3 is 2.39 bits per heavy atom. The molecule has 1 aromatic carbocycles. The van der Waals surface area contributed by atoms with Crippen molar-refractivity contribution in [1.82, 2.24) is 4.98 Å². The van der Waals surface area contributed by atoms with Gasteiger partial charge in [0.25, 0.3) is 0 Å². The number of hydrogen-bond acceptors (Lipinski definition) is 2. The third-order valence-corrected chi connectivity index (χ3v) is 3.78. The predicted molar refractivity (Wildman–Crippen MR) is 77.3 cm³/mol. The molecule has 2 rings (SSSR count). The summed E-state index contributed by atoms with van der Waals surface area (Å²) in [5.41, 5.74) is 2.41. The zero-order chi connectivity index (χ0) is 13.1. The van der Waals surface area contributed by atoms with Gasteiger partial charge >= 0.3 is 0 Å². The first kappa shape index (κ1) is 13.1. The van der Waals surface area contributed by atoms with Crippen molar-refractivity contribution in [2.75, 3.05) is 0 Å². The normalized spacial score (nSPS) is 10.7. The second-order valence-corrected chi connectivity index (χ2v) is 5.37. The number of aromatic nitrogens is 1. The summed E-state index contributed by atoms with van der Waals surface area (Å²) >= 11 is 3.49. The predicted octanol–water partition coefficient (Wildman–Crippen LogP) is 5.07. The molecule has 0 atom stereocenters. The monoisotopic (exact) mass is 305 g/mol. The minimum Gasteiger partial charge on any atom is -0.438 e. The van der Waals surface area contributed by atoms with Crippen LogP contribution in [0.2, 0.25) is 0 Å². The van der Waals surface area contributed by atoms with Crippen LogP contribution in [-0.2, 0) is 0 Å². The summed E-state index contributed by atoms with van der Waals surface area (Å²) in [6.45, 7) is 6.36. The molecule has 18 heavy (non-hydrogen) atoms. The third-order valence-electron chi connectivity index (χ3n) is 2.81. The Kier molecular flexibility index (Phi) is 4.02. The molecule has 0 spiro atoms. The highest BCUT2D eigenvalue weighted by molar-refractivity contribution is 9.10. The average Bonchev–Trinajstić information content (AvgIpc) is 2.36. The second-order valence-electron chi connectivity index (χ2n) is 4.57. The van der Waals surface area contributed by atoms with Crippen LogP contribution in [0.5, 0.6) is 11.6 Å². The van der Waals surface area contributed by atoms with E-state index >= 15 is 0 Å². The quantitative estimate of drug-likeness (QED) is 0.790. The molecule has 0 radical (unpaired) electrons. The van der Waals surface area contributed by atoms with Crippen molar-refractivity contribution in [3.8, 4) is 11.6 Å². The van der Waals surface area contributed by atoms with Crippen LogP contribution in [0.4, 0.5) is 0 Å². The lowest BCUT2D eigenvalue weighted by molar-refractivity contribution is 0.459. The van der Waals surface area contributed by atoms with Crippen LogP contribution in [0.3, 0.4) is 0 Å². The van der Waals surface area contributed by atoms with E-state index in [1.165, 1.54) is 5.56 Å². The largest absolute Gasteiger partial charge is 0.438 e. The molecule has 1 heterocycles. The van der Waals surface area contributed by atoms with Gasteiger partial charge in [0.2, 0.25) is 5.88 Å². The molecule has 0 bridgehead atoms. The van der Waals surface area contributed by atoms with Crippen LogP contribution >= 0.6 is 15.9 Å². The molecule has 1 aromatic heterocycles. The number of halogens is 1. The van der Waals surface area contributed by atoms with Crippen molar-refractivity contribution in [2.45, 2.75) is 26.7 Å². The van der Waals surface area contributed by atoms with Crippen molar-refractivity contribution >= 4 is 15.9 Å². The molecule has 0 aliphatic heterocycles. The van der Waals surface area contributed by atoms with Gasteiger partial charge in [0, 0.05) is 6.20 Å². The molecule has 0 aliphatic rings. The lowest BCUT2D eigenvalue weighted by atomic mass is 10.0. The molecule has 0 N–H and O–H groups in total. The number of hydrogen-bond donors (Lipinski definition) is 0. The summed E-state index contributed by atoms with van der Waals surface area (Å²) in [5.74, 6) is 1.94. The summed E-state index contributed by atoms with van der Waals surface area (Å²) in [5, 5.41) is 0. The van der Waals surface area contributed by atoms with E-state index in [1.54, 1.807) is 6.20 Å². The van der Waals surface area contributed by atoms with Crippen LogP contribution in [0, 0.1) is 6.92 Å². The highest BCUT2D eigenvalue weighted by atomic mass is 79.9. The number of rotatable bonds is 3. The van der Waals surface area contributed by atoms with Gasteiger partial charge in [0.15, 0.2) is 0 Å². The van der Waals surface area contributed by atoms with E-state index < -0.39 is 0 Å². The Hall–Kier alpha value is -1.35. The molecule has 0 fully saturated rings. The van der Waals surface area contributed by atoms with E-state index in [0.29, 0.717) is 11.8 Å². The van der Waals surface area contributed by atoms with E-state index in [1.807, 2.05) is 25.1 Å². The number of benzene rings is 1. The van der Waals surface area contributed by atoms with E-state index in [-0.39, 0.29) is 0 Å². The van der Waals surface area contributed by atoms with Crippen molar-refractivity contribution in [3.63, 3.8) is 0 Å². The van der Waals surface area contributed by atoms with Gasteiger partial charge in [0.1, 0.15) is 5.75 Å². The maximum atomic E-state index is 5.77. The molecule has 94 valence electrons. The number of ether oxygens (including phenoxy) is 1. The number of aryl methyl sites for hydroxylation is 1. The van der Waals surface area contributed by atoms with E-state index in [2.05, 4.69) is 46.9 Å². The zero-order valence-corrected chi connectivity index (χ0v) is 12.4. The second kappa shape index (κ2) is 5.53. The minimum atomic E-state index is 0.530. The van der Waals surface area contributed by atoms with E-state index in [9.17, 15) is 0 Å². The summed E-state index contributed by atoms with van der Waals surface area (Å²) < 4.78 is 6.67. The van der Waals surface area contributed by atoms with Gasteiger partial charge in [-0.05, 0) is 58.1 Å². The van der Waals surface area contributed by atoms with Crippen LogP contribution < -0.4 is 4.74 Å². The Morgan fingerprint density at radius 2 is 1.78 bits per heavy atom. The fourth-order valence-corrected chi connectivity index (χ4v) is 1.93. The third kappa shape index (κ3) is 2.91. The molecule has 0 aliphatic carbocycles. The number of nitrogens with zero attached hydrogens (tertiary/aromatic N) is 1. The summed E-state index contributed by atoms with van der Waals surface area (Å²) in [4.78, 5) is 4.22. The smallest absolute Gasteiger partial charge is 0.233 e. The summed E-state index contributed by atoms with van der Waals surface area (Å²) in [6, 6.07) is 10.1. The molecular formula is C15H16BrNO. The Balaban J connectivity index is 2.21. The Morgan fingerprint density at radius 1 is 1.11 bits per heavy atom. The Bertz CT molecular complexity index is 535. The van der Waals surface area contributed by atoms with Crippen molar-refractivity contribution in [1.29, 1.82) is 0 Å². The van der Waals surface area contributed by atoms with Crippen molar-refractivity contribution in [3.05, 3.63) is 52.1 Å². The topological polar surface area (TPSA) is 22.1 Å². The molecule has 3 heteroatoms. The van der Waals surface area contributed by atoms with Crippen LogP contribution in [-0.4, -0.2) is 4.98 Å². The summed E-state index contributed by atoms with van der Waals surface area (Å²) in [6.07, 6.45) is 1.75. The molecule has 0 amide bonds. The highest BCUT2D eigenvalue weighted by Crippen LogP contribution is 2.30. The van der Waals surface area contributed by atoms with Gasteiger partial charge in [-0.3, -0.25) is 0 Å². The van der Waals surface area contributed by atoms with Crippen LogP contribution in [0.15, 0.2) is 41.0 Å². The number of pyridine rings is 1. The molecule has 0 unspecified atom stereocenters. The van der Waals surface area contributed by atoms with Crippen molar-refractivity contribution in [2.24, 2.45) is 0 Å². The van der Waals surface area contributed by atoms with Crippen molar-refractivity contribution < 1.29 is 4.74 Å². The van der Waals surface area contributed by atoms with E-state index in [0.717, 1.165) is 15.8 Å². The first-order valence-electron chi connectivity index (χ1n) is 5.97. The van der Waals surface area contributed by atoms with E-state index in [4.69, 9.17) is 4.74 Å². The van der Waals surface area contributed by atoms with Gasteiger partial charge in [-0.2, -0.15) is 0 Å². The summed E-state index contributed by atoms with van der Waals surface area (Å²) in [7, 11) is 0. The SMILES string of the molecule is Cc1ccnc(Oc2ccc(C(C)C)cc2)c1Br. The molecule has 2 nitrogen and oxygen atoms in total. The first-order chi connectivity index (χ1) is 8.58. The fraction of sp³-hybridized carbons (Fsp3) is 0.267. The fourth-order valence-electron chi connectivity index (χ4n) is 1.62. The molecule has 2 aromatic rings. The highest BCUT2D eigenvalue weighted by Gasteiger charge is 2.07. The standard InChI is InChI=1S/C15H16BrNO/c1-10(2)12-4-6-13(7-5-12)18-15-14(16)11(3)8-9-17-15/h4-10H,1-3H3. The van der Waals surface area contributed by atoms with Gasteiger partial charge in [-0.15, -0.1) is 0 Å². The van der Waals surface area contributed by atoms with Gasteiger partial charge < -0.3 is 4.74 Å². The molecule has 0 saturated heterocycles.